The molecule has 0 amide bonds. The Labute approximate surface area is 248 Å². The SMILES string of the molecule is CCC(C)(C)c1ccc(OCC(C)OC(=O)c2ccccc2Cn2nnc3cccc(C)c3c2=O)c(C(C)(C)CC)c1. The van der Waals surface area contributed by atoms with Gasteiger partial charge in [-0.05, 0) is 72.4 Å². The Morgan fingerprint density at radius 1 is 0.952 bits per heavy atom. The third kappa shape index (κ3) is 6.56. The zero-order valence-electron chi connectivity index (χ0n) is 26.2. The first-order valence-corrected chi connectivity index (χ1v) is 14.8. The smallest absolute Gasteiger partial charge is 0.338 e. The maximum Gasteiger partial charge on any atom is 0.338 e. The van der Waals surface area contributed by atoms with E-state index in [1.165, 1.54) is 10.2 Å². The molecule has 0 spiro atoms. The molecule has 0 fully saturated rings. The number of hydrogen-bond donors (Lipinski definition) is 0. The lowest BCUT2D eigenvalue weighted by Gasteiger charge is -2.30. The van der Waals surface area contributed by atoms with Crippen molar-refractivity contribution in [2.75, 3.05) is 6.61 Å². The van der Waals surface area contributed by atoms with Crippen LogP contribution in [-0.2, 0) is 22.1 Å². The minimum Gasteiger partial charge on any atom is -0.489 e. The van der Waals surface area contributed by atoms with E-state index < -0.39 is 12.1 Å². The van der Waals surface area contributed by atoms with Gasteiger partial charge in [0.05, 0.1) is 17.5 Å². The van der Waals surface area contributed by atoms with Gasteiger partial charge in [-0.2, -0.15) is 0 Å². The lowest BCUT2D eigenvalue weighted by atomic mass is 9.76. The summed E-state index contributed by atoms with van der Waals surface area (Å²) in [5.41, 5.74) is 4.57. The van der Waals surface area contributed by atoms with Crippen LogP contribution < -0.4 is 10.3 Å². The number of fused-ring (bicyclic) bond motifs is 1. The summed E-state index contributed by atoms with van der Waals surface area (Å²) in [5.74, 6) is 0.333. The van der Waals surface area contributed by atoms with Gasteiger partial charge in [0, 0.05) is 5.56 Å². The van der Waals surface area contributed by atoms with E-state index in [2.05, 4.69) is 64.0 Å². The Morgan fingerprint density at radius 3 is 2.38 bits per heavy atom. The van der Waals surface area contributed by atoms with Gasteiger partial charge in [0.25, 0.3) is 5.56 Å². The second-order valence-corrected chi connectivity index (χ2v) is 12.4. The quantitative estimate of drug-likeness (QED) is 0.178. The highest BCUT2D eigenvalue weighted by Gasteiger charge is 2.27. The van der Waals surface area contributed by atoms with E-state index in [0.717, 1.165) is 29.7 Å². The van der Waals surface area contributed by atoms with E-state index >= 15 is 0 Å². The number of rotatable bonds is 11. The number of aryl methyl sites for hydroxylation is 1. The highest BCUT2D eigenvalue weighted by atomic mass is 16.6. The van der Waals surface area contributed by atoms with E-state index in [9.17, 15) is 9.59 Å². The molecule has 0 saturated heterocycles. The van der Waals surface area contributed by atoms with Crippen molar-refractivity contribution >= 4 is 16.9 Å². The minimum atomic E-state index is -0.499. The van der Waals surface area contributed by atoms with Crippen molar-refractivity contribution in [3.05, 3.63) is 98.8 Å². The van der Waals surface area contributed by atoms with E-state index in [-0.39, 0.29) is 29.5 Å². The van der Waals surface area contributed by atoms with Crippen molar-refractivity contribution in [2.24, 2.45) is 0 Å². The fourth-order valence-corrected chi connectivity index (χ4v) is 4.90. The zero-order chi connectivity index (χ0) is 30.7. The average molecular weight is 570 g/mol. The van der Waals surface area contributed by atoms with E-state index in [1.54, 1.807) is 24.3 Å². The molecule has 1 heterocycles. The van der Waals surface area contributed by atoms with Crippen LogP contribution >= 0.6 is 0 Å². The van der Waals surface area contributed by atoms with Crippen LogP contribution in [0.2, 0.25) is 0 Å². The number of nitrogens with zero attached hydrogens (tertiary/aromatic N) is 3. The van der Waals surface area contributed by atoms with Gasteiger partial charge < -0.3 is 9.47 Å². The molecule has 0 aliphatic heterocycles. The molecule has 7 heteroatoms. The van der Waals surface area contributed by atoms with Crippen LogP contribution in [0.4, 0.5) is 0 Å². The first kappa shape index (κ1) is 30.9. The minimum absolute atomic E-state index is 0.0652. The number of esters is 1. The zero-order valence-corrected chi connectivity index (χ0v) is 26.2. The van der Waals surface area contributed by atoms with Crippen LogP contribution in [0.3, 0.4) is 0 Å². The van der Waals surface area contributed by atoms with Gasteiger partial charge in [0.1, 0.15) is 24.0 Å². The summed E-state index contributed by atoms with van der Waals surface area (Å²) in [6.45, 7) is 17.4. The molecule has 3 aromatic carbocycles. The lowest BCUT2D eigenvalue weighted by molar-refractivity contribution is 0.0225. The molecular formula is C35H43N3O4. The molecule has 0 bridgehead atoms. The number of aromatic nitrogens is 3. The highest BCUT2D eigenvalue weighted by Crippen LogP contribution is 2.38. The molecule has 222 valence electrons. The van der Waals surface area contributed by atoms with Crippen molar-refractivity contribution in [3.63, 3.8) is 0 Å². The summed E-state index contributed by atoms with van der Waals surface area (Å²) in [6.07, 6.45) is 1.50. The van der Waals surface area contributed by atoms with Crippen molar-refractivity contribution in [2.45, 2.75) is 91.7 Å². The molecule has 4 aromatic rings. The summed E-state index contributed by atoms with van der Waals surface area (Å²) < 4.78 is 13.4. The Balaban J connectivity index is 1.50. The van der Waals surface area contributed by atoms with E-state index in [0.29, 0.717) is 22.0 Å². The van der Waals surface area contributed by atoms with Gasteiger partial charge in [-0.25, -0.2) is 9.48 Å². The molecule has 7 nitrogen and oxygen atoms in total. The van der Waals surface area contributed by atoms with Crippen molar-refractivity contribution in [1.82, 2.24) is 15.0 Å². The van der Waals surface area contributed by atoms with Gasteiger partial charge in [0.15, 0.2) is 0 Å². The van der Waals surface area contributed by atoms with Gasteiger partial charge in [0.2, 0.25) is 0 Å². The van der Waals surface area contributed by atoms with Gasteiger partial charge >= 0.3 is 5.97 Å². The van der Waals surface area contributed by atoms with Crippen LogP contribution in [0.5, 0.6) is 5.75 Å². The van der Waals surface area contributed by atoms with Crippen molar-refractivity contribution < 1.29 is 14.3 Å². The fourth-order valence-electron chi connectivity index (χ4n) is 4.90. The molecule has 0 aliphatic rings. The summed E-state index contributed by atoms with van der Waals surface area (Å²) in [7, 11) is 0. The summed E-state index contributed by atoms with van der Waals surface area (Å²) in [6, 6.07) is 19.0. The van der Waals surface area contributed by atoms with E-state index in [4.69, 9.17) is 9.47 Å². The highest BCUT2D eigenvalue weighted by molar-refractivity contribution is 5.91. The lowest BCUT2D eigenvalue weighted by Crippen LogP contribution is -2.27. The number of carbonyl (C=O) groups excluding carboxylic acids is 1. The van der Waals surface area contributed by atoms with Crippen LogP contribution in [-0.4, -0.2) is 33.7 Å². The number of carbonyl (C=O) groups is 1. The standard InChI is InChI=1S/C35H43N3O4/c1-9-34(5,6)26-18-19-30(28(20-26)35(7,8)10-2)41-22-24(4)42-33(40)27-16-12-11-15-25(27)21-38-32(39)31-23(3)14-13-17-29(31)36-37-38/h11-20,24H,9-10,21-22H2,1-8H3. The molecular weight excluding hydrogens is 526 g/mol. The predicted octanol–water partition coefficient (Wildman–Crippen LogP) is 7.15. The largest absolute Gasteiger partial charge is 0.489 e. The van der Waals surface area contributed by atoms with Crippen LogP contribution in [0.15, 0.2) is 65.5 Å². The summed E-state index contributed by atoms with van der Waals surface area (Å²) in [5, 5.41) is 8.84. The third-order valence-corrected chi connectivity index (χ3v) is 8.56. The number of ether oxygens (including phenoxy) is 2. The second-order valence-electron chi connectivity index (χ2n) is 12.4. The third-order valence-electron chi connectivity index (χ3n) is 8.56. The van der Waals surface area contributed by atoms with Gasteiger partial charge in [-0.15, -0.1) is 5.10 Å². The van der Waals surface area contributed by atoms with Gasteiger partial charge in [-0.1, -0.05) is 89.2 Å². The molecule has 42 heavy (non-hydrogen) atoms. The van der Waals surface area contributed by atoms with Gasteiger partial charge in [-0.3, -0.25) is 4.79 Å². The van der Waals surface area contributed by atoms with Crippen LogP contribution in [0.25, 0.3) is 10.9 Å². The molecule has 0 saturated carbocycles. The Morgan fingerprint density at radius 2 is 1.67 bits per heavy atom. The Kier molecular flexibility index (Phi) is 9.19. The molecule has 1 unspecified atom stereocenters. The summed E-state index contributed by atoms with van der Waals surface area (Å²) in [4.78, 5) is 26.5. The topological polar surface area (TPSA) is 83.3 Å². The Hall–Kier alpha value is -4.00. The monoisotopic (exact) mass is 569 g/mol. The summed E-state index contributed by atoms with van der Waals surface area (Å²) >= 11 is 0. The first-order chi connectivity index (χ1) is 19.9. The Bertz CT molecular complexity index is 1640. The number of benzene rings is 3. The first-order valence-electron chi connectivity index (χ1n) is 14.8. The van der Waals surface area contributed by atoms with E-state index in [1.807, 2.05) is 38.1 Å². The van der Waals surface area contributed by atoms with Crippen LogP contribution in [0.1, 0.15) is 93.9 Å². The molecule has 4 rings (SSSR count). The molecule has 0 N–H and O–H groups in total. The van der Waals surface area contributed by atoms with Crippen molar-refractivity contribution in [1.29, 1.82) is 0 Å². The molecule has 0 aliphatic carbocycles. The van der Waals surface area contributed by atoms with Crippen LogP contribution in [0, 0.1) is 6.92 Å². The van der Waals surface area contributed by atoms with Crippen molar-refractivity contribution in [3.8, 4) is 5.75 Å². The average Bonchev–Trinajstić information content (AvgIpc) is 2.97. The fraction of sp³-hybridized carbons (Fsp3) is 0.429. The molecule has 0 radical (unpaired) electrons. The maximum absolute atomic E-state index is 13.3. The molecule has 1 aromatic heterocycles. The second kappa shape index (κ2) is 12.5. The number of hydrogen-bond acceptors (Lipinski definition) is 6. The normalized spacial score (nSPS) is 12.8. The molecule has 1 atom stereocenters. The predicted molar refractivity (Wildman–Crippen MR) is 168 cm³/mol. The maximum atomic E-state index is 13.3.